The van der Waals surface area contributed by atoms with Gasteiger partial charge in [0.1, 0.15) is 11.9 Å². The van der Waals surface area contributed by atoms with Crippen LogP contribution in [-0.2, 0) is 30.2 Å². The third-order valence-electron chi connectivity index (χ3n) is 3.53. The van der Waals surface area contributed by atoms with Gasteiger partial charge in [-0.3, -0.25) is 0 Å². The van der Waals surface area contributed by atoms with E-state index in [9.17, 15) is 9.59 Å². The van der Waals surface area contributed by atoms with Crippen LogP contribution in [0.25, 0.3) is 5.76 Å². The van der Waals surface area contributed by atoms with Crippen LogP contribution < -0.4 is 5.32 Å². The van der Waals surface area contributed by atoms with E-state index in [0.717, 1.165) is 11.1 Å². The fraction of sp³-hybridized carbons (Fsp3) is 0.500. The van der Waals surface area contributed by atoms with Crippen molar-refractivity contribution in [3.05, 3.63) is 41.7 Å². The first-order valence-corrected chi connectivity index (χ1v) is 8.95. The fourth-order valence-electron chi connectivity index (χ4n) is 2.51. The van der Waals surface area contributed by atoms with Crippen molar-refractivity contribution in [2.45, 2.75) is 59.0 Å². The number of rotatable bonds is 6. The van der Waals surface area contributed by atoms with Gasteiger partial charge in [0.25, 0.3) is 0 Å². The SMILES string of the molecule is CCOC(=O)C1OC=C(c2cccc(CC(C)NC(=O)OC(C)(C)C)c2)O1. The van der Waals surface area contributed by atoms with E-state index in [2.05, 4.69) is 5.32 Å². The van der Waals surface area contributed by atoms with Gasteiger partial charge < -0.3 is 24.3 Å². The maximum atomic E-state index is 11.9. The Morgan fingerprint density at radius 2 is 2.04 bits per heavy atom. The quantitative estimate of drug-likeness (QED) is 0.765. The van der Waals surface area contributed by atoms with E-state index in [4.69, 9.17) is 18.9 Å². The van der Waals surface area contributed by atoms with E-state index < -0.39 is 24.0 Å². The van der Waals surface area contributed by atoms with Gasteiger partial charge in [-0.1, -0.05) is 18.2 Å². The molecule has 148 valence electrons. The number of carbonyl (C=O) groups is 2. The number of nitrogens with one attached hydrogen (secondary N) is 1. The molecular formula is C20H27NO6. The van der Waals surface area contributed by atoms with E-state index >= 15 is 0 Å². The molecule has 1 heterocycles. The normalized spacial score (nSPS) is 17.2. The number of amides is 1. The van der Waals surface area contributed by atoms with Crippen LogP contribution in [0, 0.1) is 0 Å². The molecule has 0 aliphatic carbocycles. The van der Waals surface area contributed by atoms with Crippen LogP contribution in [0.15, 0.2) is 30.5 Å². The minimum atomic E-state index is -1.07. The molecule has 1 N–H and O–H groups in total. The Labute approximate surface area is 159 Å². The van der Waals surface area contributed by atoms with Crippen LogP contribution in [0.1, 0.15) is 45.7 Å². The van der Waals surface area contributed by atoms with Crippen molar-refractivity contribution in [2.24, 2.45) is 0 Å². The molecular weight excluding hydrogens is 350 g/mol. The Morgan fingerprint density at radius 1 is 1.30 bits per heavy atom. The molecule has 1 aliphatic rings. The molecule has 7 heteroatoms. The van der Waals surface area contributed by atoms with E-state index in [1.165, 1.54) is 6.26 Å². The summed E-state index contributed by atoms with van der Waals surface area (Å²) in [4.78, 5) is 23.5. The van der Waals surface area contributed by atoms with Gasteiger partial charge in [0, 0.05) is 11.6 Å². The summed E-state index contributed by atoms with van der Waals surface area (Å²) in [5.74, 6) is -0.0993. The molecule has 0 saturated carbocycles. The molecule has 0 saturated heterocycles. The molecule has 1 aromatic carbocycles. The first-order chi connectivity index (χ1) is 12.7. The van der Waals surface area contributed by atoms with Crippen molar-refractivity contribution in [3.8, 4) is 0 Å². The number of alkyl carbamates (subject to hydrolysis) is 1. The van der Waals surface area contributed by atoms with Gasteiger partial charge >= 0.3 is 18.4 Å². The zero-order valence-electron chi connectivity index (χ0n) is 16.4. The molecule has 0 fully saturated rings. The standard InChI is InChI=1S/C20H27NO6/c1-6-24-17(22)18-25-12-16(26-18)15-9-7-8-14(11-15)10-13(2)21-19(23)27-20(3,4)5/h7-9,11-13,18H,6,10H2,1-5H3,(H,21,23). The number of benzene rings is 1. The Bertz CT molecular complexity index is 707. The molecule has 1 aliphatic heterocycles. The highest BCUT2D eigenvalue weighted by molar-refractivity contribution is 5.76. The van der Waals surface area contributed by atoms with Crippen molar-refractivity contribution in [2.75, 3.05) is 6.61 Å². The minimum absolute atomic E-state index is 0.114. The largest absolute Gasteiger partial charge is 0.460 e. The summed E-state index contributed by atoms with van der Waals surface area (Å²) < 4.78 is 20.9. The van der Waals surface area contributed by atoms with Crippen LogP contribution in [0.2, 0.25) is 0 Å². The summed E-state index contributed by atoms with van der Waals surface area (Å²) in [7, 11) is 0. The topological polar surface area (TPSA) is 83.1 Å². The number of hydrogen-bond donors (Lipinski definition) is 1. The molecule has 0 radical (unpaired) electrons. The number of esters is 1. The monoisotopic (exact) mass is 377 g/mol. The van der Waals surface area contributed by atoms with E-state index in [0.29, 0.717) is 12.2 Å². The van der Waals surface area contributed by atoms with Gasteiger partial charge in [-0.2, -0.15) is 0 Å². The summed E-state index contributed by atoms with van der Waals surface area (Å²) in [6.07, 6.45) is 0.501. The third kappa shape index (κ3) is 6.51. The fourth-order valence-corrected chi connectivity index (χ4v) is 2.51. The molecule has 2 rings (SSSR count). The van der Waals surface area contributed by atoms with Gasteiger partial charge in [0.15, 0.2) is 5.76 Å². The van der Waals surface area contributed by atoms with Crippen LogP contribution in [-0.4, -0.2) is 36.6 Å². The van der Waals surface area contributed by atoms with Crippen LogP contribution >= 0.6 is 0 Å². The van der Waals surface area contributed by atoms with Crippen LogP contribution in [0.5, 0.6) is 0 Å². The van der Waals surface area contributed by atoms with Crippen molar-refractivity contribution >= 4 is 17.8 Å². The Balaban J connectivity index is 1.94. The van der Waals surface area contributed by atoms with Crippen molar-refractivity contribution in [3.63, 3.8) is 0 Å². The van der Waals surface area contributed by atoms with Crippen molar-refractivity contribution in [1.29, 1.82) is 0 Å². The van der Waals surface area contributed by atoms with Gasteiger partial charge in [-0.15, -0.1) is 0 Å². The van der Waals surface area contributed by atoms with Crippen molar-refractivity contribution in [1.82, 2.24) is 5.32 Å². The highest BCUT2D eigenvalue weighted by Gasteiger charge is 2.29. The van der Waals surface area contributed by atoms with E-state index in [1.54, 1.807) is 6.92 Å². The highest BCUT2D eigenvalue weighted by atomic mass is 16.7. The van der Waals surface area contributed by atoms with Crippen LogP contribution in [0.3, 0.4) is 0 Å². The smallest absolute Gasteiger partial charge is 0.407 e. The second kappa shape index (κ2) is 8.79. The summed E-state index contributed by atoms with van der Waals surface area (Å²) in [5.41, 5.74) is 1.25. The first kappa shape index (κ1) is 20.6. The molecule has 0 spiro atoms. The highest BCUT2D eigenvalue weighted by Crippen LogP contribution is 2.26. The maximum Gasteiger partial charge on any atom is 0.407 e. The van der Waals surface area contributed by atoms with Gasteiger partial charge in [0.05, 0.1) is 6.61 Å². The average Bonchev–Trinajstić information content (AvgIpc) is 3.03. The zero-order valence-corrected chi connectivity index (χ0v) is 16.4. The number of hydrogen-bond acceptors (Lipinski definition) is 6. The molecule has 1 amide bonds. The Hall–Kier alpha value is -2.70. The Kier molecular flexibility index (Phi) is 6.71. The predicted molar refractivity (Wildman–Crippen MR) is 99.5 cm³/mol. The lowest BCUT2D eigenvalue weighted by Gasteiger charge is -2.22. The Morgan fingerprint density at radius 3 is 2.70 bits per heavy atom. The van der Waals surface area contributed by atoms with E-state index in [1.807, 2.05) is 52.0 Å². The van der Waals surface area contributed by atoms with Gasteiger partial charge in [-0.25, -0.2) is 9.59 Å². The van der Waals surface area contributed by atoms with Crippen LogP contribution in [0.4, 0.5) is 4.79 Å². The first-order valence-electron chi connectivity index (χ1n) is 8.95. The molecule has 27 heavy (non-hydrogen) atoms. The average molecular weight is 377 g/mol. The number of carbonyl (C=O) groups excluding carboxylic acids is 2. The predicted octanol–water partition coefficient (Wildman–Crippen LogP) is 3.38. The van der Waals surface area contributed by atoms with E-state index in [-0.39, 0.29) is 12.6 Å². The maximum absolute atomic E-state index is 11.9. The van der Waals surface area contributed by atoms with Gasteiger partial charge in [0.2, 0.25) is 0 Å². The van der Waals surface area contributed by atoms with Crippen molar-refractivity contribution < 1.29 is 28.5 Å². The molecule has 0 aromatic heterocycles. The summed E-state index contributed by atoms with van der Waals surface area (Å²) in [6, 6.07) is 7.51. The number of ether oxygens (including phenoxy) is 4. The molecule has 0 bridgehead atoms. The van der Waals surface area contributed by atoms with Gasteiger partial charge in [-0.05, 0) is 52.7 Å². The zero-order chi connectivity index (χ0) is 20.0. The summed E-state index contributed by atoms with van der Waals surface area (Å²) in [6.45, 7) is 9.35. The molecule has 7 nitrogen and oxygen atoms in total. The third-order valence-corrected chi connectivity index (χ3v) is 3.53. The summed E-state index contributed by atoms with van der Waals surface area (Å²) >= 11 is 0. The minimum Gasteiger partial charge on any atom is -0.460 e. The second-order valence-corrected chi connectivity index (χ2v) is 7.27. The lowest BCUT2D eigenvalue weighted by molar-refractivity contribution is -0.168. The lowest BCUT2D eigenvalue weighted by Crippen LogP contribution is -2.38. The second-order valence-electron chi connectivity index (χ2n) is 7.27. The lowest BCUT2D eigenvalue weighted by atomic mass is 10.0. The molecule has 2 unspecified atom stereocenters. The molecule has 2 atom stereocenters. The summed E-state index contributed by atoms with van der Waals surface area (Å²) in [5, 5.41) is 2.82. The molecule has 1 aromatic rings.